The third-order valence-electron chi connectivity index (χ3n) is 5.84. The van der Waals surface area contributed by atoms with Crippen LogP contribution in [0, 0.1) is 0 Å². The summed E-state index contributed by atoms with van der Waals surface area (Å²) in [5.41, 5.74) is 6.11. The molecule has 2 N–H and O–H groups in total. The Bertz CT molecular complexity index is 1160. The fraction of sp³-hybridized carbons (Fsp3) is 0.375. The maximum absolute atomic E-state index is 12.8. The lowest BCUT2D eigenvalue weighted by atomic mass is 10.0. The van der Waals surface area contributed by atoms with Gasteiger partial charge in [0.25, 0.3) is 5.56 Å². The number of phenols is 1. The van der Waals surface area contributed by atoms with Crippen LogP contribution in [-0.4, -0.2) is 38.4 Å². The monoisotopic (exact) mass is 419 g/mol. The molecule has 0 saturated carbocycles. The molecular weight excluding hydrogens is 390 g/mol. The number of aromatic nitrogens is 2. The number of phenolic OH excluding ortho intramolecular Hbond substituents is 1. The van der Waals surface area contributed by atoms with Crippen LogP contribution in [0.2, 0.25) is 0 Å². The van der Waals surface area contributed by atoms with Gasteiger partial charge in [-0.3, -0.25) is 14.3 Å². The molecule has 2 heterocycles. The second-order valence-corrected chi connectivity index (χ2v) is 7.99. The fourth-order valence-corrected chi connectivity index (χ4v) is 4.04. The van der Waals surface area contributed by atoms with E-state index in [-0.39, 0.29) is 5.56 Å². The molecule has 0 spiro atoms. The summed E-state index contributed by atoms with van der Waals surface area (Å²) in [6, 6.07) is 12.9. The van der Waals surface area contributed by atoms with E-state index in [9.17, 15) is 9.90 Å². The Morgan fingerprint density at radius 2 is 1.94 bits per heavy atom. The molecule has 0 radical (unpaired) electrons. The highest BCUT2D eigenvalue weighted by Gasteiger charge is 2.14. The molecule has 4 rings (SSSR count). The van der Waals surface area contributed by atoms with E-state index >= 15 is 0 Å². The molecule has 1 aliphatic rings. The molecule has 0 aliphatic carbocycles. The smallest absolute Gasteiger partial charge is 0.262 e. The van der Waals surface area contributed by atoms with E-state index in [2.05, 4.69) is 20.4 Å². The number of benzene rings is 2. The van der Waals surface area contributed by atoms with Crippen LogP contribution < -0.4 is 11.0 Å². The number of piperidine rings is 1. The Kier molecular flexibility index (Phi) is 6.32. The van der Waals surface area contributed by atoms with Crippen molar-refractivity contribution >= 4 is 22.6 Å². The molecule has 0 bridgehead atoms. The molecule has 7 heteroatoms. The van der Waals surface area contributed by atoms with E-state index in [0.29, 0.717) is 29.1 Å². The average Bonchev–Trinajstić information content (AvgIpc) is 2.80. The maximum atomic E-state index is 12.8. The van der Waals surface area contributed by atoms with E-state index in [1.54, 1.807) is 16.7 Å². The topological polar surface area (TPSA) is 82.8 Å². The van der Waals surface area contributed by atoms with Gasteiger partial charge < -0.3 is 5.11 Å². The minimum atomic E-state index is -0.0862. The molecule has 1 fully saturated rings. The predicted octanol–water partition coefficient (Wildman–Crippen LogP) is 3.94. The van der Waals surface area contributed by atoms with Gasteiger partial charge in [-0.05, 0) is 75.7 Å². The third kappa shape index (κ3) is 4.61. The van der Waals surface area contributed by atoms with Crippen molar-refractivity contribution < 1.29 is 5.11 Å². The Labute approximate surface area is 182 Å². The average molecular weight is 420 g/mol. The number of likely N-dealkylation sites (tertiary alicyclic amines) is 1. The summed E-state index contributed by atoms with van der Waals surface area (Å²) in [7, 11) is 0. The lowest BCUT2D eigenvalue weighted by molar-refractivity contribution is 0.218. The van der Waals surface area contributed by atoms with Gasteiger partial charge in [0, 0.05) is 18.7 Å². The van der Waals surface area contributed by atoms with Crippen molar-refractivity contribution in [2.24, 2.45) is 5.10 Å². The Morgan fingerprint density at radius 3 is 2.71 bits per heavy atom. The van der Waals surface area contributed by atoms with Crippen LogP contribution in [0.1, 0.15) is 44.2 Å². The van der Waals surface area contributed by atoms with Crippen molar-refractivity contribution in [2.45, 2.75) is 46.2 Å². The van der Waals surface area contributed by atoms with Gasteiger partial charge in [0.15, 0.2) is 0 Å². The van der Waals surface area contributed by atoms with Crippen molar-refractivity contribution in [2.75, 3.05) is 18.5 Å². The number of nitrogens with zero attached hydrogens (tertiary/aromatic N) is 4. The number of anilines is 1. The summed E-state index contributed by atoms with van der Waals surface area (Å²) < 4.78 is 1.58. The van der Waals surface area contributed by atoms with Gasteiger partial charge in [0.1, 0.15) is 5.75 Å². The van der Waals surface area contributed by atoms with Gasteiger partial charge in [0.05, 0.1) is 16.6 Å². The van der Waals surface area contributed by atoms with E-state index in [4.69, 9.17) is 0 Å². The van der Waals surface area contributed by atoms with Crippen molar-refractivity contribution in [3.05, 3.63) is 63.9 Å². The van der Waals surface area contributed by atoms with Crippen molar-refractivity contribution in [1.29, 1.82) is 0 Å². The van der Waals surface area contributed by atoms with Crippen LogP contribution in [-0.2, 0) is 13.1 Å². The van der Waals surface area contributed by atoms with Gasteiger partial charge in [-0.15, -0.1) is 0 Å². The number of hydrazone groups is 1. The van der Waals surface area contributed by atoms with Crippen LogP contribution in [0.15, 0.2) is 52.4 Å². The first kappa shape index (κ1) is 21.1. The Morgan fingerprint density at radius 1 is 1.16 bits per heavy atom. The number of nitrogens with one attached hydrogen (secondary N) is 1. The summed E-state index contributed by atoms with van der Waals surface area (Å²) in [5, 5.41) is 15.4. The highest BCUT2D eigenvalue weighted by atomic mass is 16.3. The summed E-state index contributed by atoms with van der Waals surface area (Å²) in [6.07, 6.45) is 3.71. The van der Waals surface area contributed by atoms with E-state index in [0.717, 1.165) is 36.5 Å². The van der Waals surface area contributed by atoms with Gasteiger partial charge in [0.2, 0.25) is 5.95 Å². The molecule has 0 atom stereocenters. The molecule has 1 aromatic heterocycles. The quantitative estimate of drug-likeness (QED) is 0.467. The van der Waals surface area contributed by atoms with Gasteiger partial charge >= 0.3 is 0 Å². The molecule has 0 amide bonds. The van der Waals surface area contributed by atoms with Crippen molar-refractivity contribution in [3.8, 4) is 5.75 Å². The summed E-state index contributed by atoms with van der Waals surface area (Å²) >= 11 is 0. The van der Waals surface area contributed by atoms with Crippen LogP contribution in [0.5, 0.6) is 5.75 Å². The van der Waals surface area contributed by atoms with Crippen molar-refractivity contribution in [1.82, 2.24) is 14.5 Å². The number of para-hydroxylation sites is 1. The third-order valence-corrected chi connectivity index (χ3v) is 5.84. The number of rotatable bonds is 6. The minimum absolute atomic E-state index is 0.0862. The molecule has 31 heavy (non-hydrogen) atoms. The predicted molar refractivity (Wildman–Crippen MR) is 125 cm³/mol. The molecule has 3 aromatic rings. The van der Waals surface area contributed by atoms with Crippen LogP contribution in [0.3, 0.4) is 0 Å². The SMILES string of the molecule is CCn1c(N/N=C(\C)c2ccc(O)c(CN3CCCCC3)c2)nc2ccccc2c1=O. The molecule has 7 nitrogen and oxygen atoms in total. The highest BCUT2D eigenvalue weighted by Crippen LogP contribution is 2.23. The van der Waals surface area contributed by atoms with E-state index < -0.39 is 0 Å². The number of fused-ring (bicyclic) bond motifs is 1. The summed E-state index contributed by atoms with van der Waals surface area (Å²) in [6.45, 7) is 7.18. The summed E-state index contributed by atoms with van der Waals surface area (Å²) in [4.78, 5) is 19.7. The highest BCUT2D eigenvalue weighted by molar-refractivity contribution is 5.99. The molecule has 162 valence electrons. The summed E-state index contributed by atoms with van der Waals surface area (Å²) in [5.74, 6) is 0.726. The lowest BCUT2D eigenvalue weighted by Crippen LogP contribution is -2.29. The van der Waals surface area contributed by atoms with E-state index in [1.807, 2.05) is 44.2 Å². The largest absolute Gasteiger partial charge is 0.508 e. The molecule has 2 aromatic carbocycles. The van der Waals surface area contributed by atoms with Gasteiger partial charge in [-0.1, -0.05) is 18.6 Å². The lowest BCUT2D eigenvalue weighted by Gasteiger charge is -2.26. The zero-order chi connectivity index (χ0) is 21.8. The van der Waals surface area contributed by atoms with Gasteiger partial charge in [-0.25, -0.2) is 10.4 Å². The van der Waals surface area contributed by atoms with E-state index in [1.165, 1.54) is 19.3 Å². The Hall–Kier alpha value is -3.19. The second kappa shape index (κ2) is 9.31. The molecular formula is C24H29N5O2. The normalized spacial score (nSPS) is 15.4. The first-order valence-corrected chi connectivity index (χ1v) is 10.9. The molecule has 1 saturated heterocycles. The maximum Gasteiger partial charge on any atom is 0.262 e. The molecule has 1 aliphatic heterocycles. The van der Waals surface area contributed by atoms with Crippen LogP contribution in [0.25, 0.3) is 10.9 Å². The minimum Gasteiger partial charge on any atom is -0.508 e. The Balaban J connectivity index is 1.59. The van der Waals surface area contributed by atoms with Crippen LogP contribution in [0.4, 0.5) is 5.95 Å². The molecule has 0 unspecified atom stereocenters. The van der Waals surface area contributed by atoms with Crippen molar-refractivity contribution in [3.63, 3.8) is 0 Å². The number of aromatic hydroxyl groups is 1. The zero-order valence-corrected chi connectivity index (χ0v) is 18.1. The van der Waals surface area contributed by atoms with Gasteiger partial charge in [-0.2, -0.15) is 5.10 Å². The number of hydrogen-bond acceptors (Lipinski definition) is 6. The number of hydrogen-bond donors (Lipinski definition) is 2. The first-order chi connectivity index (χ1) is 15.1. The first-order valence-electron chi connectivity index (χ1n) is 10.9. The van der Waals surface area contributed by atoms with Crippen LogP contribution >= 0.6 is 0 Å². The standard InChI is InChI=1S/C24H29N5O2/c1-3-29-23(31)20-9-5-6-10-21(20)25-24(29)27-26-17(2)18-11-12-22(30)19(15-18)16-28-13-7-4-8-14-28/h5-6,9-12,15,30H,3-4,7-8,13-14,16H2,1-2H3,(H,25,27)/b26-17+. The second-order valence-electron chi connectivity index (χ2n) is 7.99. The fourth-order valence-electron chi connectivity index (χ4n) is 4.04. The zero-order valence-electron chi connectivity index (χ0n) is 18.1.